The van der Waals surface area contributed by atoms with Crippen LogP contribution in [-0.2, 0) is 16.0 Å². The van der Waals surface area contributed by atoms with E-state index in [9.17, 15) is 9.59 Å². The Morgan fingerprint density at radius 1 is 1.45 bits per heavy atom. The molecule has 1 saturated heterocycles. The van der Waals surface area contributed by atoms with Crippen molar-refractivity contribution in [2.24, 2.45) is 5.73 Å². The molecule has 0 radical (unpaired) electrons. The SMILES string of the molecule is NC[C@H]1CN(c2cnc3c(n2)CC(=O)CO3)C(=O)O1.S. The largest absolute Gasteiger partial charge is 0.468 e. The van der Waals surface area contributed by atoms with Crippen molar-refractivity contribution < 1.29 is 19.1 Å². The molecule has 2 aliphatic heterocycles. The second kappa shape index (κ2) is 5.63. The predicted octanol–water partition coefficient (Wildman–Crippen LogP) is -0.623. The van der Waals surface area contributed by atoms with E-state index < -0.39 is 6.09 Å². The Morgan fingerprint density at radius 3 is 2.95 bits per heavy atom. The van der Waals surface area contributed by atoms with Crippen molar-refractivity contribution in [1.82, 2.24) is 9.97 Å². The third-order valence-electron chi connectivity index (χ3n) is 2.94. The fourth-order valence-corrected chi connectivity index (χ4v) is 1.99. The number of hydrogen-bond acceptors (Lipinski definition) is 7. The Labute approximate surface area is 121 Å². The summed E-state index contributed by atoms with van der Waals surface area (Å²) in [6.45, 7) is 0.599. The van der Waals surface area contributed by atoms with Crippen LogP contribution in [0.2, 0.25) is 0 Å². The van der Waals surface area contributed by atoms with Gasteiger partial charge in [-0.05, 0) is 0 Å². The van der Waals surface area contributed by atoms with E-state index in [1.165, 1.54) is 11.1 Å². The number of rotatable bonds is 2. The molecule has 1 aromatic heterocycles. The maximum Gasteiger partial charge on any atom is 0.416 e. The monoisotopic (exact) mass is 298 g/mol. The van der Waals surface area contributed by atoms with E-state index in [-0.39, 0.29) is 45.0 Å². The second-order valence-electron chi connectivity index (χ2n) is 4.34. The van der Waals surface area contributed by atoms with Crippen LogP contribution in [0.25, 0.3) is 0 Å². The highest BCUT2D eigenvalue weighted by molar-refractivity contribution is 7.59. The van der Waals surface area contributed by atoms with E-state index in [4.69, 9.17) is 15.2 Å². The number of cyclic esters (lactones) is 1. The molecular weight excluding hydrogens is 284 g/mol. The summed E-state index contributed by atoms with van der Waals surface area (Å²) in [5.41, 5.74) is 5.90. The maximum absolute atomic E-state index is 11.7. The van der Waals surface area contributed by atoms with Gasteiger partial charge in [-0.15, -0.1) is 0 Å². The Bertz CT molecular complexity index is 553. The lowest BCUT2D eigenvalue weighted by molar-refractivity contribution is -0.121. The van der Waals surface area contributed by atoms with Crippen LogP contribution in [0.15, 0.2) is 6.20 Å². The van der Waals surface area contributed by atoms with E-state index >= 15 is 0 Å². The van der Waals surface area contributed by atoms with Gasteiger partial charge in [0.25, 0.3) is 0 Å². The van der Waals surface area contributed by atoms with Crippen molar-refractivity contribution in [1.29, 1.82) is 0 Å². The summed E-state index contributed by atoms with van der Waals surface area (Å²) in [6.07, 6.45) is 0.740. The third kappa shape index (κ3) is 2.54. The Hall–Kier alpha value is -1.87. The predicted molar refractivity (Wildman–Crippen MR) is 73.3 cm³/mol. The first kappa shape index (κ1) is 14.5. The van der Waals surface area contributed by atoms with Crippen LogP contribution in [0, 0.1) is 0 Å². The van der Waals surface area contributed by atoms with E-state index in [0.29, 0.717) is 23.9 Å². The van der Waals surface area contributed by atoms with E-state index in [1.54, 1.807) is 0 Å². The summed E-state index contributed by atoms with van der Waals surface area (Å²) >= 11 is 0. The summed E-state index contributed by atoms with van der Waals surface area (Å²) in [5.74, 6) is 0.618. The smallest absolute Gasteiger partial charge is 0.416 e. The van der Waals surface area contributed by atoms with E-state index in [1.807, 2.05) is 0 Å². The topological polar surface area (TPSA) is 108 Å². The van der Waals surface area contributed by atoms with Gasteiger partial charge in [-0.3, -0.25) is 9.69 Å². The Kier molecular flexibility index (Phi) is 4.09. The van der Waals surface area contributed by atoms with Gasteiger partial charge in [0.15, 0.2) is 11.6 Å². The van der Waals surface area contributed by atoms with Crippen molar-refractivity contribution in [3.05, 3.63) is 11.9 Å². The average molecular weight is 298 g/mol. The molecule has 2 aliphatic rings. The number of ketones is 1. The van der Waals surface area contributed by atoms with Crippen molar-refractivity contribution in [2.75, 3.05) is 24.6 Å². The lowest BCUT2D eigenvalue weighted by atomic mass is 10.2. The highest BCUT2D eigenvalue weighted by Gasteiger charge is 2.33. The Morgan fingerprint density at radius 2 is 2.25 bits per heavy atom. The quantitative estimate of drug-likeness (QED) is 0.775. The minimum absolute atomic E-state index is 0. The third-order valence-corrected chi connectivity index (χ3v) is 2.94. The van der Waals surface area contributed by atoms with Crippen LogP contribution in [0.1, 0.15) is 5.69 Å². The van der Waals surface area contributed by atoms with Crippen LogP contribution in [0.3, 0.4) is 0 Å². The fourth-order valence-electron chi connectivity index (χ4n) is 1.99. The molecule has 0 spiro atoms. The second-order valence-corrected chi connectivity index (χ2v) is 4.34. The van der Waals surface area contributed by atoms with Crippen LogP contribution in [0.5, 0.6) is 5.88 Å². The number of hydrogen-bond donors (Lipinski definition) is 1. The molecule has 0 saturated carbocycles. The van der Waals surface area contributed by atoms with Crippen molar-refractivity contribution >= 4 is 31.2 Å². The first-order valence-electron chi connectivity index (χ1n) is 5.86. The van der Waals surface area contributed by atoms with Gasteiger partial charge in [0.1, 0.15) is 18.4 Å². The molecule has 1 fully saturated rings. The van der Waals surface area contributed by atoms with Gasteiger partial charge in [-0.2, -0.15) is 13.5 Å². The van der Waals surface area contributed by atoms with Crippen LogP contribution >= 0.6 is 13.5 Å². The zero-order valence-electron chi connectivity index (χ0n) is 10.5. The molecule has 3 rings (SSSR count). The molecule has 0 bridgehead atoms. The number of fused-ring (bicyclic) bond motifs is 1. The number of amides is 1. The number of anilines is 1. The molecule has 8 nitrogen and oxygen atoms in total. The summed E-state index contributed by atoms with van der Waals surface area (Å²) in [4.78, 5) is 32.6. The molecule has 0 aliphatic carbocycles. The van der Waals surface area contributed by atoms with Gasteiger partial charge in [0, 0.05) is 6.54 Å². The molecule has 0 unspecified atom stereocenters. The van der Waals surface area contributed by atoms with Gasteiger partial charge in [0.05, 0.1) is 19.2 Å². The summed E-state index contributed by atoms with van der Waals surface area (Å²) in [7, 11) is 0. The molecular formula is C11H14N4O4S. The maximum atomic E-state index is 11.7. The molecule has 1 aromatic rings. The summed E-state index contributed by atoms with van der Waals surface area (Å²) in [5, 5.41) is 0. The summed E-state index contributed by atoms with van der Waals surface area (Å²) in [6, 6.07) is 0. The fraction of sp³-hybridized carbons (Fsp3) is 0.455. The van der Waals surface area contributed by atoms with Crippen LogP contribution in [-0.4, -0.2) is 47.6 Å². The first-order valence-corrected chi connectivity index (χ1v) is 5.86. The number of nitrogens with two attached hydrogens (primary N) is 1. The minimum Gasteiger partial charge on any atom is -0.468 e. The highest BCUT2D eigenvalue weighted by Crippen LogP contribution is 2.24. The highest BCUT2D eigenvalue weighted by atomic mass is 32.1. The van der Waals surface area contributed by atoms with Crippen LogP contribution < -0.4 is 15.4 Å². The normalized spacial score (nSPS) is 20.9. The van der Waals surface area contributed by atoms with Gasteiger partial charge in [0.2, 0.25) is 5.88 Å². The molecule has 108 valence electrons. The van der Waals surface area contributed by atoms with Crippen molar-refractivity contribution in [2.45, 2.75) is 12.5 Å². The molecule has 1 atom stereocenters. The standard InChI is InChI=1S/C11H12N4O4.H2S/c12-2-7-4-15(11(17)19-7)9-3-13-10-8(14-9)1-6(16)5-18-10;/h3,7H,1-2,4-5,12H2;1H2/t7-;/m0./s1. The molecule has 9 heteroatoms. The summed E-state index contributed by atoms with van der Waals surface area (Å²) < 4.78 is 10.2. The zero-order valence-corrected chi connectivity index (χ0v) is 11.5. The number of nitrogens with zero attached hydrogens (tertiary/aromatic N) is 3. The van der Waals surface area contributed by atoms with E-state index in [0.717, 1.165) is 0 Å². The van der Waals surface area contributed by atoms with Gasteiger partial charge in [-0.1, -0.05) is 0 Å². The van der Waals surface area contributed by atoms with Crippen molar-refractivity contribution in [3.8, 4) is 5.88 Å². The molecule has 1 amide bonds. The van der Waals surface area contributed by atoms with Gasteiger partial charge < -0.3 is 15.2 Å². The lowest BCUT2D eigenvalue weighted by Crippen LogP contribution is -2.29. The number of aromatic nitrogens is 2. The van der Waals surface area contributed by atoms with E-state index in [2.05, 4.69) is 9.97 Å². The number of ether oxygens (including phenoxy) is 2. The lowest BCUT2D eigenvalue weighted by Gasteiger charge is -2.17. The molecule has 0 aromatic carbocycles. The number of carbonyl (C=O) groups excluding carboxylic acids is 2. The van der Waals surface area contributed by atoms with Gasteiger partial charge in [-0.25, -0.2) is 14.8 Å². The molecule has 3 heterocycles. The number of Topliss-reactive ketones (excluding diaryl/α,β-unsaturated/α-hetero) is 1. The average Bonchev–Trinajstić information content (AvgIpc) is 2.79. The molecule has 20 heavy (non-hydrogen) atoms. The Balaban J connectivity index is 0.00000147. The first-order chi connectivity index (χ1) is 9.17. The molecule has 2 N–H and O–H groups in total. The van der Waals surface area contributed by atoms with Crippen LogP contribution in [0.4, 0.5) is 10.6 Å². The zero-order chi connectivity index (χ0) is 13.4. The van der Waals surface area contributed by atoms with Gasteiger partial charge >= 0.3 is 6.09 Å². The number of carbonyl (C=O) groups is 2. The minimum atomic E-state index is -0.507. The van der Waals surface area contributed by atoms with Crippen molar-refractivity contribution in [3.63, 3.8) is 0 Å².